The minimum atomic E-state index is 0.687. The molecule has 3 heteroatoms. The zero-order chi connectivity index (χ0) is 11.3. The molecule has 0 saturated heterocycles. The predicted octanol–water partition coefficient (Wildman–Crippen LogP) is 2.41. The Morgan fingerprint density at radius 1 is 1.47 bits per heavy atom. The monoisotopic (exact) mass is 204 g/mol. The molecule has 0 fully saturated rings. The summed E-state index contributed by atoms with van der Waals surface area (Å²) in [7, 11) is 3.62. The van der Waals surface area contributed by atoms with Crippen molar-refractivity contribution in [3.05, 3.63) is 23.8 Å². The van der Waals surface area contributed by atoms with Gasteiger partial charge in [0, 0.05) is 19.7 Å². The average Bonchev–Trinajstić information content (AvgIpc) is 2.28. The van der Waals surface area contributed by atoms with E-state index in [1.165, 1.54) is 0 Å². The standard InChI is InChI=1S/C12H16N2O/c1-4-7-14(2)12-8-11(15-3)6-5-10(12)9-13/h5-6,8H,4,7H2,1-3H3. The van der Waals surface area contributed by atoms with E-state index in [9.17, 15) is 0 Å². The second-order valence-electron chi connectivity index (χ2n) is 3.42. The summed E-state index contributed by atoms with van der Waals surface area (Å²) in [5.41, 5.74) is 1.62. The lowest BCUT2D eigenvalue weighted by Gasteiger charge is -2.20. The molecule has 0 N–H and O–H groups in total. The van der Waals surface area contributed by atoms with E-state index in [0.717, 1.165) is 24.4 Å². The maximum atomic E-state index is 8.98. The molecule has 15 heavy (non-hydrogen) atoms. The van der Waals surface area contributed by atoms with Gasteiger partial charge < -0.3 is 9.64 Å². The Balaban J connectivity index is 3.07. The van der Waals surface area contributed by atoms with Crippen LogP contribution in [0.15, 0.2) is 18.2 Å². The molecule has 0 atom stereocenters. The van der Waals surface area contributed by atoms with Crippen LogP contribution in [0.1, 0.15) is 18.9 Å². The molecule has 1 aromatic rings. The lowest BCUT2D eigenvalue weighted by Crippen LogP contribution is -2.18. The van der Waals surface area contributed by atoms with Crippen molar-refractivity contribution in [2.24, 2.45) is 0 Å². The zero-order valence-electron chi connectivity index (χ0n) is 9.45. The van der Waals surface area contributed by atoms with Gasteiger partial charge in [0.05, 0.1) is 18.4 Å². The van der Waals surface area contributed by atoms with Crippen LogP contribution in [-0.2, 0) is 0 Å². The minimum Gasteiger partial charge on any atom is -0.497 e. The second kappa shape index (κ2) is 5.26. The Hall–Kier alpha value is -1.69. The van der Waals surface area contributed by atoms with Crippen LogP contribution in [0.4, 0.5) is 5.69 Å². The summed E-state index contributed by atoms with van der Waals surface area (Å²) in [6.07, 6.45) is 1.05. The van der Waals surface area contributed by atoms with Gasteiger partial charge in [0.15, 0.2) is 0 Å². The number of methoxy groups -OCH3 is 1. The van der Waals surface area contributed by atoms with Gasteiger partial charge in [-0.25, -0.2) is 0 Å². The first kappa shape index (κ1) is 11.4. The molecule has 3 nitrogen and oxygen atoms in total. The Kier molecular flexibility index (Phi) is 3.99. The first-order valence-corrected chi connectivity index (χ1v) is 5.02. The summed E-state index contributed by atoms with van der Waals surface area (Å²) in [6.45, 7) is 3.05. The third kappa shape index (κ3) is 2.63. The van der Waals surface area contributed by atoms with Gasteiger partial charge in [0.1, 0.15) is 11.8 Å². The van der Waals surface area contributed by atoms with Crippen molar-refractivity contribution in [3.8, 4) is 11.8 Å². The molecule has 80 valence electrons. The van der Waals surface area contributed by atoms with Crippen LogP contribution in [0.5, 0.6) is 5.75 Å². The van der Waals surface area contributed by atoms with Crippen LogP contribution in [-0.4, -0.2) is 20.7 Å². The molecule has 0 aliphatic rings. The van der Waals surface area contributed by atoms with Crippen LogP contribution in [0.2, 0.25) is 0 Å². The number of rotatable bonds is 4. The highest BCUT2D eigenvalue weighted by Crippen LogP contribution is 2.24. The fraction of sp³-hybridized carbons (Fsp3) is 0.417. The number of benzene rings is 1. The molecular weight excluding hydrogens is 188 g/mol. The third-order valence-corrected chi connectivity index (χ3v) is 2.30. The highest BCUT2D eigenvalue weighted by Gasteiger charge is 2.07. The largest absolute Gasteiger partial charge is 0.497 e. The summed E-state index contributed by atoms with van der Waals surface area (Å²) >= 11 is 0. The summed E-state index contributed by atoms with van der Waals surface area (Å²) in [5.74, 6) is 0.784. The molecule has 0 aliphatic carbocycles. The molecule has 0 aromatic heterocycles. The van der Waals surface area contributed by atoms with Crippen molar-refractivity contribution >= 4 is 5.69 Å². The Morgan fingerprint density at radius 2 is 2.20 bits per heavy atom. The highest BCUT2D eigenvalue weighted by molar-refractivity contribution is 5.61. The van der Waals surface area contributed by atoms with Crippen LogP contribution in [0, 0.1) is 11.3 Å². The van der Waals surface area contributed by atoms with E-state index >= 15 is 0 Å². The average molecular weight is 204 g/mol. The normalized spacial score (nSPS) is 9.47. The summed E-state index contributed by atoms with van der Waals surface area (Å²) in [6, 6.07) is 7.69. The highest BCUT2D eigenvalue weighted by atomic mass is 16.5. The van der Waals surface area contributed by atoms with Crippen molar-refractivity contribution < 1.29 is 4.74 Å². The number of ether oxygens (including phenoxy) is 1. The smallest absolute Gasteiger partial charge is 0.121 e. The van der Waals surface area contributed by atoms with Gasteiger partial charge in [-0.2, -0.15) is 5.26 Å². The molecule has 1 aromatic carbocycles. The van der Waals surface area contributed by atoms with E-state index < -0.39 is 0 Å². The molecule has 0 radical (unpaired) electrons. The van der Waals surface area contributed by atoms with E-state index in [-0.39, 0.29) is 0 Å². The fourth-order valence-electron chi connectivity index (χ4n) is 1.50. The van der Waals surface area contributed by atoms with E-state index in [1.54, 1.807) is 13.2 Å². The van der Waals surface area contributed by atoms with Gasteiger partial charge in [-0.15, -0.1) is 0 Å². The second-order valence-corrected chi connectivity index (χ2v) is 3.42. The third-order valence-electron chi connectivity index (χ3n) is 2.30. The fourth-order valence-corrected chi connectivity index (χ4v) is 1.50. The van der Waals surface area contributed by atoms with Crippen molar-refractivity contribution in [2.75, 3.05) is 25.6 Å². The van der Waals surface area contributed by atoms with Crippen molar-refractivity contribution in [1.82, 2.24) is 0 Å². The topological polar surface area (TPSA) is 36.3 Å². The van der Waals surface area contributed by atoms with Crippen molar-refractivity contribution in [2.45, 2.75) is 13.3 Å². The molecule has 0 saturated carbocycles. The zero-order valence-corrected chi connectivity index (χ0v) is 9.45. The summed E-state index contributed by atoms with van der Waals surface area (Å²) in [4.78, 5) is 2.07. The molecule has 0 bridgehead atoms. The van der Waals surface area contributed by atoms with E-state index in [2.05, 4.69) is 17.9 Å². The van der Waals surface area contributed by atoms with Crippen LogP contribution in [0.3, 0.4) is 0 Å². The summed E-state index contributed by atoms with van der Waals surface area (Å²) in [5, 5.41) is 8.98. The SMILES string of the molecule is CCCN(C)c1cc(OC)ccc1C#N. The van der Waals surface area contributed by atoms with E-state index in [4.69, 9.17) is 10.00 Å². The van der Waals surface area contributed by atoms with Crippen molar-refractivity contribution in [1.29, 1.82) is 5.26 Å². The van der Waals surface area contributed by atoms with Gasteiger partial charge in [-0.1, -0.05) is 6.92 Å². The maximum absolute atomic E-state index is 8.98. The number of nitriles is 1. The van der Waals surface area contributed by atoms with Crippen LogP contribution < -0.4 is 9.64 Å². The Bertz CT molecular complexity index is 368. The first-order valence-electron chi connectivity index (χ1n) is 5.02. The lowest BCUT2D eigenvalue weighted by atomic mass is 10.1. The quantitative estimate of drug-likeness (QED) is 0.755. The predicted molar refractivity (Wildman–Crippen MR) is 61.3 cm³/mol. The molecule has 0 unspecified atom stereocenters. The number of hydrogen-bond donors (Lipinski definition) is 0. The molecule has 0 aliphatic heterocycles. The van der Waals surface area contributed by atoms with Gasteiger partial charge >= 0.3 is 0 Å². The molecule has 0 amide bonds. The maximum Gasteiger partial charge on any atom is 0.121 e. The van der Waals surface area contributed by atoms with Crippen LogP contribution >= 0.6 is 0 Å². The molecule has 0 spiro atoms. The van der Waals surface area contributed by atoms with Gasteiger partial charge in [-0.3, -0.25) is 0 Å². The Morgan fingerprint density at radius 3 is 2.73 bits per heavy atom. The Labute approximate surface area is 90.9 Å². The number of anilines is 1. The molecular formula is C12H16N2O. The number of hydrogen-bond acceptors (Lipinski definition) is 3. The molecule has 1 rings (SSSR count). The lowest BCUT2D eigenvalue weighted by molar-refractivity contribution is 0.415. The van der Waals surface area contributed by atoms with Crippen molar-refractivity contribution in [3.63, 3.8) is 0 Å². The summed E-state index contributed by atoms with van der Waals surface area (Å²) < 4.78 is 5.15. The van der Waals surface area contributed by atoms with E-state index in [1.807, 2.05) is 19.2 Å². The molecule has 0 heterocycles. The van der Waals surface area contributed by atoms with Gasteiger partial charge in [0.25, 0.3) is 0 Å². The number of nitrogens with zero attached hydrogens (tertiary/aromatic N) is 2. The van der Waals surface area contributed by atoms with Crippen LogP contribution in [0.25, 0.3) is 0 Å². The first-order chi connectivity index (χ1) is 7.22. The van der Waals surface area contributed by atoms with Gasteiger partial charge in [-0.05, 0) is 18.6 Å². The minimum absolute atomic E-state index is 0.687. The van der Waals surface area contributed by atoms with Gasteiger partial charge in [0.2, 0.25) is 0 Å². The van der Waals surface area contributed by atoms with E-state index in [0.29, 0.717) is 5.56 Å².